The van der Waals surface area contributed by atoms with Crippen molar-refractivity contribution < 1.29 is 29.0 Å². The van der Waals surface area contributed by atoms with Crippen molar-refractivity contribution in [3.05, 3.63) is 64.7 Å². The Morgan fingerprint density at radius 3 is 2.36 bits per heavy atom. The molecule has 230 valence electrons. The largest absolute Gasteiger partial charge is 0.508 e. The summed E-state index contributed by atoms with van der Waals surface area (Å²) in [5, 5.41) is 26.5. The number of nitrogens with one attached hydrogen (secondary N) is 4. The molecular weight excluding hydrogens is 542 g/mol. The fourth-order valence-electron chi connectivity index (χ4n) is 4.24. The maximum atomic E-state index is 13.7. The molecule has 2 aromatic rings. The molecule has 11 N–H and O–H groups in total. The summed E-state index contributed by atoms with van der Waals surface area (Å²) < 4.78 is 10.2. The van der Waals surface area contributed by atoms with Crippen molar-refractivity contribution in [2.24, 2.45) is 17.2 Å². The van der Waals surface area contributed by atoms with E-state index in [9.17, 15) is 19.5 Å². The highest BCUT2D eigenvalue weighted by Crippen LogP contribution is 2.24. The topological polar surface area (TPSA) is 228 Å². The summed E-state index contributed by atoms with van der Waals surface area (Å²) >= 11 is 0. The van der Waals surface area contributed by atoms with Crippen molar-refractivity contribution in [3.8, 4) is 5.75 Å². The number of nitrogens with two attached hydrogens (primary N) is 3. The third kappa shape index (κ3) is 10.7. The predicted molar refractivity (Wildman–Crippen MR) is 158 cm³/mol. The van der Waals surface area contributed by atoms with Gasteiger partial charge in [-0.05, 0) is 50.5 Å². The van der Waals surface area contributed by atoms with E-state index in [2.05, 4.69) is 16.0 Å². The summed E-state index contributed by atoms with van der Waals surface area (Å²) in [5.41, 5.74) is 16.9. The molecule has 0 aliphatic heterocycles. The number of esters is 1. The normalized spacial score (nSPS) is 12.7. The zero-order valence-electron chi connectivity index (χ0n) is 24.6. The van der Waals surface area contributed by atoms with E-state index in [1.54, 1.807) is 63.2 Å². The Labute approximate surface area is 246 Å². The van der Waals surface area contributed by atoms with Gasteiger partial charge in [0.05, 0.1) is 13.3 Å². The molecule has 2 rings (SSSR count). The average Bonchev–Trinajstić information content (AvgIpc) is 2.90. The highest BCUT2D eigenvalue weighted by atomic mass is 16.6. The Morgan fingerprint density at radius 1 is 1.05 bits per heavy atom. The Balaban J connectivity index is 2.21. The molecular formula is C29H43N7O6. The zero-order chi connectivity index (χ0) is 31.5. The highest BCUT2D eigenvalue weighted by molar-refractivity contribution is 5.95. The van der Waals surface area contributed by atoms with E-state index in [-0.39, 0.29) is 37.4 Å². The van der Waals surface area contributed by atoms with E-state index in [1.165, 1.54) is 7.11 Å². The number of benzene rings is 2. The number of phenolic OH excluding ortho intramolecular Hbond substituents is 1. The van der Waals surface area contributed by atoms with Crippen molar-refractivity contribution in [2.75, 3.05) is 20.2 Å². The molecule has 0 aliphatic rings. The maximum Gasteiger partial charge on any atom is 0.407 e. The fourth-order valence-corrected chi connectivity index (χ4v) is 4.24. The molecule has 2 aromatic carbocycles. The number of ether oxygens (including phenoxy) is 2. The van der Waals surface area contributed by atoms with Crippen molar-refractivity contribution in [1.82, 2.24) is 16.0 Å². The van der Waals surface area contributed by atoms with Gasteiger partial charge in [-0.3, -0.25) is 15.0 Å². The molecule has 1 atom stereocenters. The molecule has 0 saturated carbocycles. The van der Waals surface area contributed by atoms with Gasteiger partial charge in [-0.25, -0.2) is 4.79 Å². The van der Waals surface area contributed by atoms with Gasteiger partial charge in [-0.15, -0.1) is 0 Å². The lowest BCUT2D eigenvalue weighted by Gasteiger charge is -2.33. The second-order valence-electron chi connectivity index (χ2n) is 10.9. The minimum atomic E-state index is -1.60. The van der Waals surface area contributed by atoms with Gasteiger partial charge in [0.25, 0.3) is 0 Å². The van der Waals surface area contributed by atoms with Crippen LogP contribution < -0.4 is 33.2 Å². The monoisotopic (exact) mass is 585 g/mol. The number of carbonyl (C=O) groups is 3. The summed E-state index contributed by atoms with van der Waals surface area (Å²) in [4.78, 5) is 38.8. The first-order valence-corrected chi connectivity index (χ1v) is 13.5. The molecule has 0 fully saturated rings. The van der Waals surface area contributed by atoms with E-state index < -0.39 is 35.3 Å². The van der Waals surface area contributed by atoms with E-state index in [0.717, 1.165) is 5.56 Å². The van der Waals surface area contributed by atoms with Gasteiger partial charge < -0.3 is 47.7 Å². The summed E-state index contributed by atoms with van der Waals surface area (Å²) in [6.45, 7) is 6.14. The molecule has 0 aromatic heterocycles. The number of rotatable bonds is 14. The second-order valence-corrected chi connectivity index (χ2v) is 10.9. The third-order valence-corrected chi connectivity index (χ3v) is 6.25. The standard InChI is InChI=1S/C29H43N7O6/c1-28(2,3)42-23(38)10-11-29(36-27(40)41-4,16-18-6-5-7-20(14-18)24(30)31)26(39)35-13-12-34-17-19-8-9-21(25(32)33)22(37)15-19/h5-9,14-15,25,34,37H,10-13,16-17,32-33H2,1-4H3,(H3,30,31)(H,35,39)(H,36,40). The van der Waals surface area contributed by atoms with E-state index in [1.807, 2.05) is 0 Å². The number of hydrogen-bond acceptors (Lipinski definition) is 10. The fraction of sp³-hybridized carbons (Fsp3) is 0.448. The van der Waals surface area contributed by atoms with Crippen molar-refractivity contribution >= 4 is 23.8 Å². The Kier molecular flexibility index (Phi) is 12.3. The predicted octanol–water partition coefficient (Wildman–Crippen LogP) is 1.26. The molecule has 0 spiro atoms. The lowest BCUT2D eigenvalue weighted by atomic mass is 9.84. The van der Waals surface area contributed by atoms with Crippen LogP contribution in [-0.4, -0.2) is 60.3 Å². The van der Waals surface area contributed by atoms with Crippen molar-refractivity contribution in [2.45, 2.75) is 63.9 Å². The molecule has 42 heavy (non-hydrogen) atoms. The van der Waals surface area contributed by atoms with Crippen LogP contribution in [0.5, 0.6) is 5.75 Å². The number of carbonyl (C=O) groups excluding carboxylic acids is 3. The van der Waals surface area contributed by atoms with Crippen LogP contribution in [0.15, 0.2) is 42.5 Å². The number of amides is 2. The number of alkyl carbamates (subject to hydrolysis) is 1. The highest BCUT2D eigenvalue weighted by Gasteiger charge is 2.41. The van der Waals surface area contributed by atoms with Crippen LogP contribution in [0.4, 0.5) is 4.79 Å². The maximum absolute atomic E-state index is 13.7. The first kappa shape index (κ1) is 34.0. The van der Waals surface area contributed by atoms with E-state index in [4.69, 9.17) is 32.1 Å². The van der Waals surface area contributed by atoms with Gasteiger partial charge in [-0.2, -0.15) is 0 Å². The molecule has 13 heteroatoms. The summed E-state index contributed by atoms with van der Waals surface area (Å²) in [7, 11) is 1.18. The smallest absolute Gasteiger partial charge is 0.407 e. The van der Waals surface area contributed by atoms with Crippen LogP contribution in [0.1, 0.15) is 62.0 Å². The third-order valence-electron chi connectivity index (χ3n) is 6.25. The minimum absolute atomic E-state index is 0.00454. The van der Waals surface area contributed by atoms with Gasteiger partial charge in [-0.1, -0.05) is 30.3 Å². The first-order chi connectivity index (χ1) is 19.7. The average molecular weight is 586 g/mol. The molecule has 13 nitrogen and oxygen atoms in total. The van der Waals surface area contributed by atoms with Gasteiger partial charge in [0.2, 0.25) is 5.91 Å². The van der Waals surface area contributed by atoms with Crippen molar-refractivity contribution in [3.63, 3.8) is 0 Å². The summed E-state index contributed by atoms with van der Waals surface area (Å²) in [6.07, 6.45) is -1.90. The lowest BCUT2D eigenvalue weighted by molar-refractivity contribution is -0.155. The van der Waals surface area contributed by atoms with E-state index in [0.29, 0.717) is 29.8 Å². The number of aromatic hydroxyl groups is 1. The number of phenols is 1. The minimum Gasteiger partial charge on any atom is -0.508 e. The van der Waals surface area contributed by atoms with Crippen LogP contribution in [-0.2, 0) is 32.0 Å². The molecule has 2 amide bonds. The summed E-state index contributed by atoms with van der Waals surface area (Å²) in [5.74, 6) is -1.22. The van der Waals surface area contributed by atoms with Crippen LogP contribution in [0.3, 0.4) is 0 Å². The molecule has 0 heterocycles. The van der Waals surface area contributed by atoms with Crippen molar-refractivity contribution in [1.29, 1.82) is 5.41 Å². The quantitative estimate of drug-likeness (QED) is 0.0520. The van der Waals surface area contributed by atoms with Gasteiger partial charge in [0, 0.05) is 43.6 Å². The lowest BCUT2D eigenvalue weighted by Crippen LogP contribution is -2.61. The summed E-state index contributed by atoms with van der Waals surface area (Å²) in [6, 6.07) is 11.7. The SMILES string of the molecule is COC(=O)NC(CCC(=O)OC(C)(C)C)(Cc1cccc(C(=N)N)c1)C(=O)NCCNCc1ccc(C(N)N)c(O)c1. The number of nitrogen functional groups attached to an aromatic ring is 1. The van der Waals surface area contributed by atoms with Crippen LogP contribution in [0.25, 0.3) is 0 Å². The van der Waals surface area contributed by atoms with Gasteiger partial charge >= 0.3 is 12.1 Å². The number of methoxy groups -OCH3 is 1. The second kappa shape index (κ2) is 15.1. The number of hydrogen-bond donors (Lipinski definition) is 8. The van der Waals surface area contributed by atoms with Crippen LogP contribution in [0.2, 0.25) is 0 Å². The van der Waals surface area contributed by atoms with E-state index >= 15 is 0 Å². The van der Waals surface area contributed by atoms with Gasteiger partial charge in [0.1, 0.15) is 22.7 Å². The van der Waals surface area contributed by atoms with Crippen LogP contribution >= 0.6 is 0 Å². The van der Waals surface area contributed by atoms with Crippen LogP contribution in [0, 0.1) is 5.41 Å². The molecule has 0 bridgehead atoms. The first-order valence-electron chi connectivity index (χ1n) is 13.5. The zero-order valence-corrected chi connectivity index (χ0v) is 24.6. The Hall–Kier alpha value is -4.20. The Bertz CT molecular complexity index is 1260. The molecule has 0 aliphatic carbocycles. The molecule has 1 unspecified atom stereocenters. The Morgan fingerprint density at radius 2 is 1.76 bits per heavy atom. The van der Waals surface area contributed by atoms with Gasteiger partial charge in [0.15, 0.2) is 0 Å². The molecule has 0 radical (unpaired) electrons. The molecule has 0 saturated heterocycles. The number of amidine groups is 1.